The molecule has 2 aromatic heterocycles. The summed E-state index contributed by atoms with van der Waals surface area (Å²) in [6.45, 7) is 1.98. The summed E-state index contributed by atoms with van der Waals surface area (Å²) in [6.07, 6.45) is 2.00. The maximum Gasteiger partial charge on any atom is 0.343 e. The quantitative estimate of drug-likeness (QED) is 0.265. The number of aromatic nitrogens is 2. The summed E-state index contributed by atoms with van der Waals surface area (Å²) in [5.41, 5.74) is 5.48. The van der Waals surface area contributed by atoms with E-state index in [-0.39, 0.29) is 5.97 Å². The van der Waals surface area contributed by atoms with Gasteiger partial charge in [0.15, 0.2) is 0 Å². The number of hydrogen-bond donors (Lipinski definition) is 0. The molecule has 4 heteroatoms. The SMILES string of the molecule is Cc1ccc(C(=O)Oc2cccc(-c3nc(-c4ccccc4)c4ccccn34)c2)cc1. The van der Waals surface area contributed by atoms with Crippen molar-refractivity contribution < 1.29 is 9.53 Å². The maximum absolute atomic E-state index is 12.5. The molecule has 0 fully saturated rings. The van der Waals surface area contributed by atoms with Gasteiger partial charge in [-0.15, -0.1) is 0 Å². The monoisotopic (exact) mass is 404 g/mol. The molecule has 0 radical (unpaired) electrons. The molecule has 3 aromatic carbocycles. The number of rotatable bonds is 4. The third-order valence-corrected chi connectivity index (χ3v) is 5.19. The number of carbonyl (C=O) groups is 1. The van der Waals surface area contributed by atoms with E-state index in [2.05, 4.69) is 22.6 Å². The van der Waals surface area contributed by atoms with E-state index in [9.17, 15) is 4.79 Å². The zero-order chi connectivity index (χ0) is 21.2. The summed E-state index contributed by atoms with van der Waals surface area (Å²) in [7, 11) is 0. The van der Waals surface area contributed by atoms with Crippen molar-refractivity contribution >= 4 is 11.5 Å². The van der Waals surface area contributed by atoms with Crippen LogP contribution in [0.25, 0.3) is 28.2 Å². The van der Waals surface area contributed by atoms with E-state index in [0.29, 0.717) is 11.3 Å². The molecule has 0 N–H and O–H groups in total. The highest BCUT2D eigenvalue weighted by Gasteiger charge is 2.15. The van der Waals surface area contributed by atoms with Crippen LogP contribution in [0.2, 0.25) is 0 Å². The van der Waals surface area contributed by atoms with Crippen molar-refractivity contribution in [3.63, 3.8) is 0 Å². The molecule has 5 rings (SSSR count). The Hall–Kier alpha value is -4.18. The summed E-state index contributed by atoms with van der Waals surface area (Å²) < 4.78 is 7.69. The van der Waals surface area contributed by atoms with Crippen molar-refractivity contribution in [3.05, 3.63) is 114 Å². The van der Waals surface area contributed by atoms with Crippen molar-refractivity contribution in [2.45, 2.75) is 6.92 Å². The second kappa shape index (κ2) is 7.92. The topological polar surface area (TPSA) is 43.6 Å². The Morgan fingerprint density at radius 1 is 0.806 bits per heavy atom. The second-order valence-corrected chi connectivity index (χ2v) is 7.39. The number of imidazole rings is 1. The highest BCUT2D eigenvalue weighted by molar-refractivity contribution is 5.91. The van der Waals surface area contributed by atoms with Crippen LogP contribution in [-0.4, -0.2) is 15.4 Å². The summed E-state index contributed by atoms with van der Waals surface area (Å²) in [4.78, 5) is 17.5. The lowest BCUT2D eigenvalue weighted by Crippen LogP contribution is -2.08. The first-order chi connectivity index (χ1) is 15.2. The number of esters is 1. The number of aryl methyl sites for hydroxylation is 1. The summed E-state index contributed by atoms with van der Waals surface area (Å²) in [6, 6.07) is 31.0. The molecule has 0 amide bonds. The van der Waals surface area contributed by atoms with Gasteiger partial charge in [0.1, 0.15) is 11.6 Å². The second-order valence-electron chi connectivity index (χ2n) is 7.39. The van der Waals surface area contributed by atoms with Gasteiger partial charge in [-0.2, -0.15) is 0 Å². The third-order valence-electron chi connectivity index (χ3n) is 5.19. The molecule has 0 bridgehead atoms. The molecule has 0 saturated heterocycles. The number of ether oxygens (including phenoxy) is 1. The minimum Gasteiger partial charge on any atom is -0.423 e. The van der Waals surface area contributed by atoms with E-state index < -0.39 is 0 Å². The molecule has 2 heterocycles. The molecule has 0 unspecified atom stereocenters. The molecule has 0 aliphatic carbocycles. The van der Waals surface area contributed by atoms with Crippen LogP contribution in [-0.2, 0) is 0 Å². The summed E-state index contributed by atoms with van der Waals surface area (Å²) >= 11 is 0. The first kappa shape index (κ1) is 18.8. The molecule has 0 atom stereocenters. The van der Waals surface area contributed by atoms with E-state index in [1.807, 2.05) is 73.8 Å². The average molecular weight is 404 g/mol. The van der Waals surface area contributed by atoms with Crippen molar-refractivity contribution in [1.29, 1.82) is 0 Å². The zero-order valence-corrected chi connectivity index (χ0v) is 17.0. The fraction of sp³-hybridized carbons (Fsp3) is 0.0370. The van der Waals surface area contributed by atoms with E-state index in [0.717, 1.165) is 33.7 Å². The van der Waals surface area contributed by atoms with Gasteiger partial charge in [-0.3, -0.25) is 4.40 Å². The Morgan fingerprint density at radius 2 is 1.55 bits per heavy atom. The average Bonchev–Trinajstić information content (AvgIpc) is 3.20. The van der Waals surface area contributed by atoms with Gasteiger partial charge in [0.05, 0.1) is 16.8 Å². The molecule has 0 aliphatic rings. The first-order valence-corrected chi connectivity index (χ1v) is 10.1. The molecule has 31 heavy (non-hydrogen) atoms. The molecule has 0 aliphatic heterocycles. The third kappa shape index (κ3) is 3.71. The predicted molar refractivity (Wildman–Crippen MR) is 122 cm³/mol. The Labute approximate surface area is 180 Å². The van der Waals surface area contributed by atoms with Gasteiger partial charge < -0.3 is 4.74 Å². The lowest BCUT2D eigenvalue weighted by molar-refractivity contribution is 0.0735. The van der Waals surface area contributed by atoms with Crippen molar-refractivity contribution in [3.8, 4) is 28.4 Å². The van der Waals surface area contributed by atoms with Gasteiger partial charge in [0, 0.05) is 17.3 Å². The smallest absolute Gasteiger partial charge is 0.343 e. The van der Waals surface area contributed by atoms with Crippen LogP contribution in [0.5, 0.6) is 5.75 Å². The number of hydrogen-bond acceptors (Lipinski definition) is 3. The Morgan fingerprint density at radius 3 is 2.35 bits per heavy atom. The van der Waals surface area contributed by atoms with Gasteiger partial charge in [-0.05, 0) is 43.3 Å². The lowest BCUT2D eigenvalue weighted by Gasteiger charge is -2.07. The van der Waals surface area contributed by atoms with Crippen LogP contribution >= 0.6 is 0 Å². The largest absolute Gasteiger partial charge is 0.423 e. The van der Waals surface area contributed by atoms with Crippen LogP contribution in [0.3, 0.4) is 0 Å². The van der Waals surface area contributed by atoms with E-state index in [1.54, 1.807) is 18.2 Å². The fourth-order valence-corrected chi connectivity index (χ4v) is 3.60. The van der Waals surface area contributed by atoms with Crippen molar-refractivity contribution in [1.82, 2.24) is 9.38 Å². The molecule has 150 valence electrons. The highest BCUT2D eigenvalue weighted by atomic mass is 16.5. The van der Waals surface area contributed by atoms with Gasteiger partial charge in [0.2, 0.25) is 0 Å². The molecule has 4 nitrogen and oxygen atoms in total. The normalized spacial score (nSPS) is 10.9. The number of benzene rings is 3. The van der Waals surface area contributed by atoms with Crippen LogP contribution in [0.15, 0.2) is 103 Å². The van der Waals surface area contributed by atoms with Crippen LogP contribution in [0.4, 0.5) is 0 Å². The Kier molecular flexibility index (Phi) is 4.81. The molecule has 5 aromatic rings. The first-order valence-electron chi connectivity index (χ1n) is 10.1. The van der Waals surface area contributed by atoms with E-state index in [1.165, 1.54) is 0 Å². The standard InChI is InChI=1S/C27H20N2O2/c1-19-13-15-21(16-14-19)27(30)31-23-11-7-10-22(18-23)26-28-25(20-8-3-2-4-9-20)24-12-5-6-17-29(24)26/h2-18H,1H3. The lowest BCUT2D eigenvalue weighted by atomic mass is 10.1. The van der Waals surface area contributed by atoms with Crippen molar-refractivity contribution in [2.24, 2.45) is 0 Å². The minimum atomic E-state index is -0.380. The number of pyridine rings is 1. The number of carbonyl (C=O) groups excluding carboxylic acids is 1. The Bertz CT molecular complexity index is 1370. The van der Waals surface area contributed by atoms with Gasteiger partial charge >= 0.3 is 5.97 Å². The Balaban J connectivity index is 1.53. The molecular weight excluding hydrogens is 384 g/mol. The molecular formula is C27H20N2O2. The van der Waals surface area contributed by atoms with E-state index in [4.69, 9.17) is 9.72 Å². The summed E-state index contributed by atoms with van der Waals surface area (Å²) in [5.74, 6) is 0.898. The van der Waals surface area contributed by atoms with Crippen LogP contribution in [0, 0.1) is 6.92 Å². The van der Waals surface area contributed by atoms with Gasteiger partial charge in [-0.25, -0.2) is 9.78 Å². The number of fused-ring (bicyclic) bond motifs is 1. The van der Waals surface area contributed by atoms with Crippen molar-refractivity contribution in [2.75, 3.05) is 0 Å². The van der Waals surface area contributed by atoms with E-state index >= 15 is 0 Å². The maximum atomic E-state index is 12.5. The number of nitrogens with zero attached hydrogens (tertiary/aromatic N) is 2. The molecule has 0 spiro atoms. The van der Waals surface area contributed by atoms with Crippen LogP contribution in [0.1, 0.15) is 15.9 Å². The fourth-order valence-electron chi connectivity index (χ4n) is 3.60. The van der Waals surface area contributed by atoms with Gasteiger partial charge in [-0.1, -0.05) is 66.2 Å². The molecule has 0 saturated carbocycles. The highest BCUT2D eigenvalue weighted by Crippen LogP contribution is 2.31. The zero-order valence-electron chi connectivity index (χ0n) is 17.0. The van der Waals surface area contributed by atoms with Crippen LogP contribution < -0.4 is 4.74 Å². The minimum absolute atomic E-state index is 0.380. The predicted octanol–water partition coefficient (Wildman–Crippen LogP) is 6.20. The summed E-state index contributed by atoms with van der Waals surface area (Å²) in [5, 5.41) is 0. The van der Waals surface area contributed by atoms with Gasteiger partial charge in [0.25, 0.3) is 0 Å².